The number of rotatable bonds is 1. The fraction of sp³-hybridized carbons (Fsp3) is 0.250. The van der Waals surface area contributed by atoms with Crippen molar-refractivity contribution in [2.24, 2.45) is 0 Å². The Labute approximate surface area is 93.0 Å². The summed E-state index contributed by atoms with van der Waals surface area (Å²) in [7, 11) is 0. The Kier molecular flexibility index (Phi) is 3.25. The van der Waals surface area contributed by atoms with Crippen LogP contribution in [-0.2, 0) is 6.18 Å². The maximum absolute atomic E-state index is 12.5. The van der Waals surface area contributed by atoms with Gasteiger partial charge >= 0.3 is 6.18 Å². The first-order valence-corrected chi connectivity index (χ1v) is 4.43. The average molecular weight is 258 g/mol. The van der Waals surface area contributed by atoms with Gasteiger partial charge in [-0.1, -0.05) is 23.2 Å². The third kappa shape index (κ3) is 2.60. The summed E-state index contributed by atoms with van der Waals surface area (Å²) in [6.07, 6.45) is -4.68. The number of hydrogen-bond acceptors (Lipinski definition) is 2. The van der Waals surface area contributed by atoms with Gasteiger partial charge in [-0.05, 0) is 13.0 Å². The molecule has 0 spiro atoms. The van der Waals surface area contributed by atoms with Crippen molar-refractivity contribution in [3.63, 3.8) is 0 Å². The van der Waals surface area contributed by atoms with Gasteiger partial charge < -0.3 is 0 Å². The minimum atomic E-state index is -4.68. The van der Waals surface area contributed by atoms with Gasteiger partial charge in [-0.25, -0.2) is 4.98 Å². The molecule has 0 aliphatic carbocycles. The first kappa shape index (κ1) is 12.3. The molecule has 0 N–H and O–H groups in total. The minimum Gasteiger partial charge on any atom is -0.294 e. The Morgan fingerprint density at radius 1 is 1.40 bits per heavy atom. The van der Waals surface area contributed by atoms with E-state index in [-0.39, 0.29) is 0 Å². The van der Waals surface area contributed by atoms with Gasteiger partial charge in [-0.15, -0.1) is 0 Å². The summed E-state index contributed by atoms with van der Waals surface area (Å²) >= 11 is 10.7. The Morgan fingerprint density at radius 2 is 1.93 bits per heavy atom. The highest BCUT2D eigenvalue weighted by molar-refractivity contribution is 6.35. The maximum atomic E-state index is 12.5. The van der Waals surface area contributed by atoms with Gasteiger partial charge in [0.1, 0.15) is 10.3 Å². The van der Waals surface area contributed by atoms with Crippen molar-refractivity contribution in [2.45, 2.75) is 13.1 Å². The van der Waals surface area contributed by atoms with E-state index in [1.54, 1.807) is 0 Å². The van der Waals surface area contributed by atoms with E-state index >= 15 is 0 Å². The summed E-state index contributed by atoms with van der Waals surface area (Å²) in [6, 6.07) is 0.574. The van der Waals surface area contributed by atoms with Crippen LogP contribution in [0.3, 0.4) is 0 Å². The molecular formula is C8H4Cl2F3NO. The van der Waals surface area contributed by atoms with Crippen LogP contribution in [0.2, 0.25) is 10.3 Å². The highest BCUT2D eigenvalue weighted by Crippen LogP contribution is 2.35. The number of aromatic nitrogens is 1. The molecule has 1 rings (SSSR count). The highest BCUT2D eigenvalue weighted by atomic mass is 35.5. The molecule has 7 heteroatoms. The molecule has 0 saturated heterocycles. The molecule has 1 aromatic rings. The van der Waals surface area contributed by atoms with Crippen LogP contribution < -0.4 is 0 Å². The number of nitrogens with zero attached hydrogens (tertiary/aromatic N) is 1. The molecule has 0 aromatic carbocycles. The highest BCUT2D eigenvalue weighted by Gasteiger charge is 2.36. The molecule has 15 heavy (non-hydrogen) atoms. The second kappa shape index (κ2) is 3.98. The van der Waals surface area contributed by atoms with E-state index in [4.69, 9.17) is 23.2 Å². The van der Waals surface area contributed by atoms with E-state index in [1.165, 1.54) is 0 Å². The Morgan fingerprint density at radius 3 is 2.33 bits per heavy atom. The first-order valence-electron chi connectivity index (χ1n) is 3.67. The average Bonchev–Trinajstić information content (AvgIpc) is 1.99. The number of alkyl halides is 3. The third-order valence-corrected chi connectivity index (χ3v) is 2.07. The lowest BCUT2D eigenvalue weighted by Crippen LogP contribution is -2.13. The van der Waals surface area contributed by atoms with Gasteiger partial charge in [0.25, 0.3) is 0 Å². The minimum absolute atomic E-state index is 0.405. The summed E-state index contributed by atoms with van der Waals surface area (Å²) in [5.41, 5.74) is -1.83. The van der Waals surface area contributed by atoms with Crippen LogP contribution in [0.1, 0.15) is 22.8 Å². The number of carbonyl (C=O) groups excluding carboxylic acids is 1. The van der Waals surface area contributed by atoms with E-state index in [1.807, 2.05) is 0 Å². The van der Waals surface area contributed by atoms with Crippen molar-refractivity contribution < 1.29 is 18.0 Å². The first-order chi connectivity index (χ1) is 6.73. The largest absolute Gasteiger partial charge is 0.417 e. The predicted molar refractivity (Wildman–Crippen MR) is 49.3 cm³/mol. The number of pyridine rings is 1. The van der Waals surface area contributed by atoms with Gasteiger partial charge in [0.05, 0.1) is 11.1 Å². The van der Waals surface area contributed by atoms with E-state index in [0.717, 1.165) is 6.92 Å². The Balaban J connectivity index is 3.54. The standard InChI is InChI=1S/C8H4Cl2F3NO/c1-3(15)6-4(8(11,12)13)2-5(9)14-7(6)10/h2H,1H3. The van der Waals surface area contributed by atoms with Gasteiger partial charge in [0.2, 0.25) is 0 Å². The van der Waals surface area contributed by atoms with Crippen molar-refractivity contribution in [1.29, 1.82) is 0 Å². The molecule has 1 heterocycles. The molecule has 0 atom stereocenters. The third-order valence-electron chi connectivity index (χ3n) is 1.60. The number of hydrogen-bond donors (Lipinski definition) is 0. The van der Waals surface area contributed by atoms with Crippen molar-refractivity contribution >= 4 is 29.0 Å². The molecule has 0 amide bonds. The molecule has 0 aliphatic rings. The zero-order chi connectivity index (χ0) is 11.8. The number of Topliss-reactive ketones (excluding diaryl/α,β-unsaturated/α-hetero) is 1. The van der Waals surface area contributed by atoms with Gasteiger partial charge in [0, 0.05) is 0 Å². The van der Waals surface area contributed by atoms with Crippen molar-refractivity contribution in [3.05, 3.63) is 27.5 Å². The normalized spacial score (nSPS) is 11.6. The molecule has 0 aliphatic heterocycles. The monoisotopic (exact) mass is 257 g/mol. The van der Waals surface area contributed by atoms with E-state index in [0.29, 0.717) is 6.07 Å². The summed E-state index contributed by atoms with van der Waals surface area (Å²) in [6.45, 7) is 0.978. The fourth-order valence-electron chi connectivity index (χ4n) is 1.04. The quantitative estimate of drug-likeness (QED) is 0.568. The molecule has 0 unspecified atom stereocenters. The Bertz CT molecular complexity index is 417. The predicted octanol–water partition coefficient (Wildman–Crippen LogP) is 3.61. The summed E-state index contributed by atoms with van der Waals surface area (Å²) < 4.78 is 37.4. The zero-order valence-electron chi connectivity index (χ0n) is 7.32. The molecule has 0 bridgehead atoms. The van der Waals surface area contributed by atoms with E-state index in [9.17, 15) is 18.0 Å². The number of halogens is 5. The lowest BCUT2D eigenvalue weighted by atomic mass is 10.1. The van der Waals surface area contributed by atoms with E-state index < -0.39 is 33.4 Å². The Hall–Kier alpha value is -0.810. The van der Waals surface area contributed by atoms with Crippen LogP contribution >= 0.6 is 23.2 Å². The summed E-state index contributed by atoms with van der Waals surface area (Å²) in [5.74, 6) is -0.809. The number of carbonyl (C=O) groups is 1. The second-order valence-electron chi connectivity index (χ2n) is 2.71. The van der Waals surface area contributed by atoms with Crippen LogP contribution in [0.4, 0.5) is 13.2 Å². The molecule has 1 aromatic heterocycles. The molecular weight excluding hydrogens is 254 g/mol. The van der Waals surface area contributed by atoms with Crippen LogP contribution in [0.25, 0.3) is 0 Å². The lowest BCUT2D eigenvalue weighted by Gasteiger charge is -2.11. The molecule has 82 valence electrons. The topological polar surface area (TPSA) is 30.0 Å². The van der Waals surface area contributed by atoms with E-state index in [2.05, 4.69) is 4.98 Å². The number of ketones is 1. The van der Waals surface area contributed by atoms with Crippen LogP contribution in [-0.4, -0.2) is 10.8 Å². The van der Waals surface area contributed by atoms with Crippen LogP contribution in [0.15, 0.2) is 6.07 Å². The molecule has 0 radical (unpaired) electrons. The maximum Gasteiger partial charge on any atom is 0.417 e. The zero-order valence-corrected chi connectivity index (χ0v) is 8.83. The molecule has 0 saturated carbocycles. The summed E-state index contributed by atoms with van der Waals surface area (Å²) in [4.78, 5) is 14.4. The van der Waals surface area contributed by atoms with Gasteiger partial charge in [-0.3, -0.25) is 4.79 Å². The van der Waals surface area contributed by atoms with Crippen molar-refractivity contribution in [2.75, 3.05) is 0 Å². The lowest BCUT2D eigenvalue weighted by molar-refractivity contribution is -0.137. The fourth-order valence-corrected chi connectivity index (χ4v) is 1.61. The van der Waals surface area contributed by atoms with Crippen LogP contribution in [0.5, 0.6) is 0 Å². The van der Waals surface area contributed by atoms with Gasteiger partial charge in [-0.2, -0.15) is 13.2 Å². The van der Waals surface area contributed by atoms with Crippen LogP contribution in [0, 0.1) is 0 Å². The molecule has 0 fully saturated rings. The molecule has 2 nitrogen and oxygen atoms in total. The second-order valence-corrected chi connectivity index (χ2v) is 3.46. The van der Waals surface area contributed by atoms with Crippen molar-refractivity contribution in [1.82, 2.24) is 4.98 Å². The summed E-state index contributed by atoms with van der Waals surface area (Å²) in [5, 5.41) is -0.945. The van der Waals surface area contributed by atoms with Crippen molar-refractivity contribution in [3.8, 4) is 0 Å². The smallest absolute Gasteiger partial charge is 0.294 e. The SMILES string of the molecule is CC(=O)c1c(C(F)(F)F)cc(Cl)nc1Cl. The van der Waals surface area contributed by atoms with Gasteiger partial charge in [0.15, 0.2) is 5.78 Å².